The monoisotopic (exact) mass is 383 g/mol. The lowest BCUT2D eigenvalue weighted by atomic mass is 9.96. The Morgan fingerprint density at radius 1 is 1.11 bits per heavy atom. The third-order valence-corrected chi connectivity index (χ3v) is 4.98. The number of methoxy groups -OCH3 is 2. The fourth-order valence-electron chi connectivity index (χ4n) is 3.31. The number of carbonyl (C=O) groups excluding carboxylic acids is 2. The molecule has 0 unspecified atom stereocenters. The first-order valence-electron chi connectivity index (χ1n) is 9.33. The molecule has 2 aromatic rings. The third-order valence-electron chi connectivity index (χ3n) is 4.98. The highest BCUT2D eigenvalue weighted by Crippen LogP contribution is 2.27. The van der Waals surface area contributed by atoms with Gasteiger partial charge in [0.15, 0.2) is 11.5 Å². The van der Waals surface area contributed by atoms with Crippen LogP contribution in [0.4, 0.5) is 0 Å². The van der Waals surface area contributed by atoms with E-state index in [0.29, 0.717) is 48.3 Å². The molecule has 0 aliphatic carbocycles. The first kappa shape index (κ1) is 19.7. The van der Waals surface area contributed by atoms with Gasteiger partial charge in [-0.25, -0.2) is 0 Å². The van der Waals surface area contributed by atoms with Gasteiger partial charge in [-0.05, 0) is 49.1 Å². The summed E-state index contributed by atoms with van der Waals surface area (Å²) in [5.41, 5.74) is 1.00. The van der Waals surface area contributed by atoms with Crippen LogP contribution < -0.4 is 14.8 Å². The van der Waals surface area contributed by atoms with Gasteiger partial charge in [0.2, 0.25) is 0 Å². The molecule has 0 radical (unpaired) electrons. The fraction of sp³-hybridized carbons (Fsp3) is 0.381. The number of nitrogens with zero attached hydrogens (tertiary/aromatic N) is 2. The van der Waals surface area contributed by atoms with Crippen LogP contribution in [0.25, 0.3) is 0 Å². The minimum absolute atomic E-state index is 0.0339. The molecule has 2 heterocycles. The fourth-order valence-corrected chi connectivity index (χ4v) is 3.31. The Kier molecular flexibility index (Phi) is 6.47. The normalized spacial score (nSPS) is 14.4. The van der Waals surface area contributed by atoms with Crippen molar-refractivity contribution in [2.45, 2.75) is 12.8 Å². The van der Waals surface area contributed by atoms with Gasteiger partial charge in [-0.2, -0.15) is 0 Å². The smallest absolute Gasteiger partial charge is 0.272 e. The molecule has 28 heavy (non-hydrogen) atoms. The number of benzene rings is 1. The summed E-state index contributed by atoms with van der Waals surface area (Å²) < 4.78 is 10.4. The molecule has 1 saturated heterocycles. The highest BCUT2D eigenvalue weighted by Gasteiger charge is 2.24. The van der Waals surface area contributed by atoms with E-state index < -0.39 is 0 Å². The minimum atomic E-state index is -0.145. The molecule has 1 fully saturated rings. The van der Waals surface area contributed by atoms with Gasteiger partial charge < -0.3 is 19.7 Å². The van der Waals surface area contributed by atoms with Crippen LogP contribution in [-0.2, 0) is 0 Å². The van der Waals surface area contributed by atoms with Crippen LogP contribution in [0.5, 0.6) is 11.5 Å². The van der Waals surface area contributed by atoms with Gasteiger partial charge in [0, 0.05) is 31.4 Å². The van der Waals surface area contributed by atoms with Crippen molar-refractivity contribution in [3.8, 4) is 11.5 Å². The predicted octanol–water partition coefficient (Wildman–Crippen LogP) is 2.38. The summed E-state index contributed by atoms with van der Waals surface area (Å²) in [6.07, 6.45) is 3.33. The second-order valence-electron chi connectivity index (χ2n) is 6.73. The number of rotatable bonds is 6. The predicted molar refractivity (Wildman–Crippen MR) is 105 cm³/mol. The number of pyridine rings is 1. The molecule has 0 bridgehead atoms. The Balaban J connectivity index is 1.49. The number of piperidine rings is 1. The summed E-state index contributed by atoms with van der Waals surface area (Å²) in [5.74, 6) is 1.28. The zero-order chi connectivity index (χ0) is 19.9. The molecule has 148 valence electrons. The van der Waals surface area contributed by atoms with Gasteiger partial charge in [0.25, 0.3) is 11.8 Å². The van der Waals surface area contributed by atoms with E-state index in [0.717, 1.165) is 12.8 Å². The van der Waals surface area contributed by atoms with E-state index in [4.69, 9.17) is 9.47 Å². The molecule has 3 rings (SSSR count). The lowest BCUT2D eigenvalue weighted by Gasteiger charge is -2.31. The Labute approximate surface area is 164 Å². The number of hydrogen-bond acceptors (Lipinski definition) is 5. The number of likely N-dealkylation sites (tertiary alicyclic amines) is 1. The molecule has 2 amide bonds. The average molecular weight is 383 g/mol. The lowest BCUT2D eigenvalue weighted by molar-refractivity contribution is 0.0678. The average Bonchev–Trinajstić information content (AvgIpc) is 2.77. The number of hydrogen-bond donors (Lipinski definition) is 1. The van der Waals surface area contributed by atoms with Crippen LogP contribution in [0.15, 0.2) is 42.6 Å². The molecular formula is C21H25N3O4. The molecule has 1 aliphatic heterocycles. The van der Waals surface area contributed by atoms with Gasteiger partial charge >= 0.3 is 0 Å². The SMILES string of the molecule is COc1ccc(C(=O)NCC2CCN(C(=O)c3ccccn3)CC2)cc1OC. The summed E-state index contributed by atoms with van der Waals surface area (Å²) in [4.78, 5) is 30.8. The maximum atomic E-state index is 12.4. The number of nitrogens with one attached hydrogen (secondary N) is 1. The highest BCUT2D eigenvalue weighted by molar-refractivity contribution is 5.95. The van der Waals surface area contributed by atoms with Crippen LogP contribution in [0.3, 0.4) is 0 Å². The van der Waals surface area contributed by atoms with E-state index in [2.05, 4.69) is 10.3 Å². The molecule has 1 aliphatic rings. The maximum Gasteiger partial charge on any atom is 0.272 e. The molecule has 7 heteroatoms. The minimum Gasteiger partial charge on any atom is -0.493 e. The highest BCUT2D eigenvalue weighted by atomic mass is 16.5. The van der Waals surface area contributed by atoms with Crippen molar-refractivity contribution in [1.82, 2.24) is 15.2 Å². The van der Waals surface area contributed by atoms with Crippen LogP contribution in [0, 0.1) is 5.92 Å². The summed E-state index contributed by atoms with van der Waals surface area (Å²) in [5, 5.41) is 2.98. The van der Waals surface area contributed by atoms with Gasteiger partial charge in [0.1, 0.15) is 5.69 Å². The summed E-state index contributed by atoms with van der Waals surface area (Å²) in [7, 11) is 3.10. The summed E-state index contributed by atoms with van der Waals surface area (Å²) >= 11 is 0. The van der Waals surface area contributed by atoms with Crippen molar-refractivity contribution < 1.29 is 19.1 Å². The molecule has 0 atom stereocenters. The van der Waals surface area contributed by atoms with E-state index in [1.165, 1.54) is 0 Å². The summed E-state index contributed by atoms with van der Waals surface area (Å²) in [6, 6.07) is 10.4. The first-order valence-corrected chi connectivity index (χ1v) is 9.33. The van der Waals surface area contributed by atoms with E-state index >= 15 is 0 Å². The number of aromatic nitrogens is 1. The van der Waals surface area contributed by atoms with Gasteiger partial charge in [-0.15, -0.1) is 0 Å². The van der Waals surface area contributed by atoms with Gasteiger partial charge in [0.05, 0.1) is 14.2 Å². The quantitative estimate of drug-likeness (QED) is 0.828. The molecular weight excluding hydrogens is 358 g/mol. The Hall–Kier alpha value is -3.09. The standard InChI is InChI=1S/C21H25N3O4/c1-27-18-7-6-16(13-19(18)28-2)20(25)23-14-15-8-11-24(12-9-15)21(26)17-5-3-4-10-22-17/h3-7,10,13,15H,8-9,11-12,14H2,1-2H3,(H,23,25). The zero-order valence-electron chi connectivity index (χ0n) is 16.2. The first-order chi connectivity index (χ1) is 13.6. The number of carbonyl (C=O) groups is 2. The van der Waals surface area contributed by atoms with Crippen LogP contribution in [0.1, 0.15) is 33.7 Å². The molecule has 0 saturated carbocycles. The Bertz CT molecular complexity index is 818. The van der Waals surface area contributed by atoms with Crippen molar-refractivity contribution >= 4 is 11.8 Å². The van der Waals surface area contributed by atoms with Crippen LogP contribution in [0.2, 0.25) is 0 Å². The van der Waals surface area contributed by atoms with Crippen molar-refractivity contribution in [1.29, 1.82) is 0 Å². The second-order valence-corrected chi connectivity index (χ2v) is 6.73. The van der Waals surface area contributed by atoms with E-state index in [-0.39, 0.29) is 11.8 Å². The topological polar surface area (TPSA) is 80.8 Å². The Morgan fingerprint density at radius 3 is 2.50 bits per heavy atom. The maximum absolute atomic E-state index is 12.4. The van der Waals surface area contributed by atoms with Crippen molar-refractivity contribution in [3.63, 3.8) is 0 Å². The largest absolute Gasteiger partial charge is 0.493 e. The van der Waals surface area contributed by atoms with Crippen molar-refractivity contribution in [2.24, 2.45) is 5.92 Å². The van der Waals surface area contributed by atoms with Crippen molar-refractivity contribution in [2.75, 3.05) is 33.9 Å². The molecule has 1 N–H and O–H groups in total. The van der Waals surface area contributed by atoms with Crippen molar-refractivity contribution in [3.05, 3.63) is 53.9 Å². The van der Waals surface area contributed by atoms with E-state index in [1.807, 2.05) is 11.0 Å². The van der Waals surface area contributed by atoms with E-state index in [1.54, 1.807) is 50.7 Å². The third kappa shape index (κ3) is 4.60. The molecule has 7 nitrogen and oxygen atoms in total. The van der Waals surface area contributed by atoms with Gasteiger partial charge in [-0.1, -0.05) is 6.07 Å². The van der Waals surface area contributed by atoms with Gasteiger partial charge in [-0.3, -0.25) is 14.6 Å². The Morgan fingerprint density at radius 2 is 1.86 bits per heavy atom. The van der Waals surface area contributed by atoms with E-state index in [9.17, 15) is 9.59 Å². The number of ether oxygens (including phenoxy) is 2. The zero-order valence-corrected chi connectivity index (χ0v) is 16.2. The van der Waals surface area contributed by atoms with Crippen LogP contribution >= 0.6 is 0 Å². The number of amides is 2. The van der Waals surface area contributed by atoms with Crippen LogP contribution in [-0.4, -0.2) is 55.6 Å². The lowest BCUT2D eigenvalue weighted by Crippen LogP contribution is -2.41. The second kappa shape index (κ2) is 9.21. The molecule has 1 aromatic heterocycles. The molecule has 0 spiro atoms. The molecule has 1 aromatic carbocycles. The summed E-state index contributed by atoms with van der Waals surface area (Å²) in [6.45, 7) is 1.93.